The molecule has 1 saturated heterocycles. The van der Waals surface area contributed by atoms with Crippen LogP contribution in [0.2, 0.25) is 0 Å². The van der Waals surface area contributed by atoms with Crippen molar-refractivity contribution in [2.45, 2.75) is 19.0 Å². The predicted molar refractivity (Wildman–Crippen MR) is 126 cm³/mol. The van der Waals surface area contributed by atoms with Gasteiger partial charge in [-0.15, -0.1) is 0 Å². The first-order valence-corrected chi connectivity index (χ1v) is 11.1. The van der Waals surface area contributed by atoms with E-state index in [1.165, 1.54) is 11.3 Å². The minimum Gasteiger partial charge on any atom is -0.497 e. The van der Waals surface area contributed by atoms with Crippen LogP contribution in [0.15, 0.2) is 72.9 Å². The predicted octanol–water partition coefficient (Wildman–Crippen LogP) is 3.27. The molecule has 1 amide bonds. The Morgan fingerprint density at radius 3 is 2.72 bits per heavy atom. The van der Waals surface area contributed by atoms with Crippen LogP contribution in [0.3, 0.4) is 0 Å². The highest BCUT2D eigenvalue weighted by Crippen LogP contribution is 2.38. The zero-order valence-electron chi connectivity index (χ0n) is 18.3. The molecule has 3 heterocycles. The summed E-state index contributed by atoms with van der Waals surface area (Å²) < 4.78 is 5.49. The third-order valence-corrected chi connectivity index (χ3v) is 6.54. The number of fused-ring (bicyclic) bond motifs is 3. The van der Waals surface area contributed by atoms with Crippen molar-refractivity contribution in [3.8, 4) is 5.75 Å². The Hall–Kier alpha value is -3.54. The minimum absolute atomic E-state index is 0.0705. The van der Waals surface area contributed by atoms with Gasteiger partial charge in [-0.2, -0.15) is 0 Å². The van der Waals surface area contributed by atoms with Crippen molar-refractivity contribution in [2.75, 3.05) is 36.5 Å². The summed E-state index contributed by atoms with van der Waals surface area (Å²) >= 11 is 0. The molecule has 0 radical (unpaired) electrons. The van der Waals surface area contributed by atoms with E-state index < -0.39 is 0 Å². The van der Waals surface area contributed by atoms with Crippen LogP contribution in [0.1, 0.15) is 11.1 Å². The van der Waals surface area contributed by atoms with Gasteiger partial charge in [-0.3, -0.25) is 4.79 Å². The Morgan fingerprint density at radius 2 is 1.94 bits per heavy atom. The lowest BCUT2D eigenvalue weighted by atomic mass is 9.83. The van der Waals surface area contributed by atoms with Crippen LogP contribution in [0.5, 0.6) is 5.75 Å². The SMILES string of the molecule is COc1ccc2c(c1)N1CCN(c3ccccn3)C[C@H]1[C@H](C(=O)NCc1ccccc1)C2. The van der Waals surface area contributed by atoms with Crippen LogP contribution < -0.4 is 19.9 Å². The Kier molecular flexibility index (Phi) is 5.67. The van der Waals surface area contributed by atoms with E-state index in [0.29, 0.717) is 6.54 Å². The summed E-state index contributed by atoms with van der Waals surface area (Å²) in [7, 11) is 1.70. The summed E-state index contributed by atoms with van der Waals surface area (Å²) in [6, 6.07) is 22.3. The van der Waals surface area contributed by atoms with Crippen molar-refractivity contribution < 1.29 is 9.53 Å². The van der Waals surface area contributed by atoms with Gasteiger partial charge >= 0.3 is 0 Å². The first-order chi connectivity index (χ1) is 15.7. The number of piperazine rings is 1. The van der Waals surface area contributed by atoms with Crippen LogP contribution in [-0.2, 0) is 17.8 Å². The molecule has 0 spiro atoms. The molecule has 164 valence electrons. The van der Waals surface area contributed by atoms with Crippen LogP contribution in [0, 0.1) is 5.92 Å². The third-order valence-electron chi connectivity index (χ3n) is 6.54. The van der Waals surface area contributed by atoms with Crippen molar-refractivity contribution >= 4 is 17.4 Å². The normalized spacial score (nSPS) is 19.7. The summed E-state index contributed by atoms with van der Waals surface area (Å²) in [5, 5.41) is 3.19. The number of carbonyl (C=O) groups is 1. The molecule has 1 N–H and O–H groups in total. The van der Waals surface area contributed by atoms with Gasteiger partial charge in [-0.25, -0.2) is 4.98 Å². The average molecular weight is 429 g/mol. The number of ether oxygens (including phenoxy) is 1. The van der Waals surface area contributed by atoms with Crippen molar-refractivity contribution in [3.05, 3.63) is 84.1 Å². The number of amides is 1. The zero-order valence-corrected chi connectivity index (χ0v) is 18.3. The van der Waals surface area contributed by atoms with Crippen LogP contribution >= 0.6 is 0 Å². The van der Waals surface area contributed by atoms with Gasteiger partial charge in [0.2, 0.25) is 5.91 Å². The van der Waals surface area contributed by atoms with Gasteiger partial charge < -0.3 is 19.9 Å². The highest BCUT2D eigenvalue weighted by atomic mass is 16.5. The van der Waals surface area contributed by atoms with Crippen LogP contribution in [0.4, 0.5) is 11.5 Å². The highest BCUT2D eigenvalue weighted by molar-refractivity contribution is 5.82. The first kappa shape index (κ1) is 20.4. The number of pyridine rings is 1. The van der Waals surface area contributed by atoms with E-state index in [2.05, 4.69) is 32.2 Å². The molecule has 0 aliphatic carbocycles. The molecule has 32 heavy (non-hydrogen) atoms. The largest absolute Gasteiger partial charge is 0.497 e. The highest BCUT2D eigenvalue weighted by Gasteiger charge is 2.41. The van der Waals surface area contributed by atoms with E-state index in [1.807, 2.05) is 60.8 Å². The summed E-state index contributed by atoms with van der Waals surface area (Å²) in [5.74, 6) is 1.79. The first-order valence-electron chi connectivity index (χ1n) is 11.1. The molecule has 1 fully saturated rings. The Balaban J connectivity index is 1.42. The molecule has 0 unspecified atom stereocenters. The zero-order chi connectivity index (χ0) is 21.9. The number of benzene rings is 2. The Morgan fingerprint density at radius 1 is 1.09 bits per heavy atom. The summed E-state index contributed by atoms with van der Waals surface area (Å²) in [6.07, 6.45) is 2.55. The third kappa shape index (κ3) is 4.00. The lowest BCUT2D eigenvalue weighted by Crippen LogP contribution is -2.61. The van der Waals surface area contributed by atoms with Gasteiger partial charge in [0.15, 0.2) is 0 Å². The van der Waals surface area contributed by atoms with Gasteiger partial charge in [0, 0.05) is 44.1 Å². The standard InChI is InChI=1S/C26H28N4O2/c1-32-21-11-10-20-15-22(26(31)28-17-19-7-3-2-4-8-19)24-18-29(25-9-5-6-12-27-25)13-14-30(24)23(20)16-21/h2-12,16,22,24H,13-15,17-18H2,1H3,(H,28,31)/t22-,24+/m1/s1. The topological polar surface area (TPSA) is 57.7 Å². The van der Waals surface area contributed by atoms with Crippen molar-refractivity contribution in [3.63, 3.8) is 0 Å². The van der Waals surface area contributed by atoms with Crippen LogP contribution in [-0.4, -0.2) is 43.7 Å². The molecule has 6 heteroatoms. The second-order valence-corrected chi connectivity index (χ2v) is 8.40. The number of aromatic nitrogens is 1. The van der Waals surface area contributed by atoms with E-state index in [9.17, 15) is 4.79 Å². The van der Waals surface area contributed by atoms with E-state index >= 15 is 0 Å². The maximum absolute atomic E-state index is 13.4. The number of carbonyl (C=O) groups excluding carboxylic acids is 1. The molecular formula is C26H28N4O2. The molecule has 2 aliphatic rings. The summed E-state index contributed by atoms with van der Waals surface area (Å²) in [6.45, 7) is 3.01. The molecule has 2 aromatic carbocycles. The lowest BCUT2D eigenvalue weighted by molar-refractivity contribution is -0.126. The van der Waals surface area contributed by atoms with Crippen molar-refractivity contribution in [1.82, 2.24) is 10.3 Å². The van der Waals surface area contributed by atoms with Crippen LogP contribution in [0.25, 0.3) is 0 Å². The van der Waals surface area contributed by atoms with Crippen molar-refractivity contribution in [1.29, 1.82) is 0 Å². The molecule has 5 rings (SSSR count). The van der Waals surface area contributed by atoms with E-state index in [4.69, 9.17) is 4.74 Å². The minimum atomic E-state index is -0.133. The number of hydrogen-bond acceptors (Lipinski definition) is 5. The number of methoxy groups -OCH3 is 1. The van der Waals surface area contributed by atoms with Gasteiger partial charge in [0.05, 0.1) is 19.1 Å². The monoisotopic (exact) mass is 428 g/mol. The molecule has 2 aliphatic heterocycles. The quantitative estimate of drug-likeness (QED) is 0.676. The second kappa shape index (κ2) is 8.91. The fourth-order valence-electron chi connectivity index (χ4n) is 4.87. The smallest absolute Gasteiger partial charge is 0.225 e. The molecule has 1 aromatic heterocycles. The molecule has 3 aromatic rings. The number of nitrogens with zero attached hydrogens (tertiary/aromatic N) is 3. The fraction of sp³-hybridized carbons (Fsp3) is 0.308. The number of anilines is 2. The maximum Gasteiger partial charge on any atom is 0.225 e. The maximum atomic E-state index is 13.4. The number of hydrogen-bond donors (Lipinski definition) is 1. The van der Waals surface area contributed by atoms with Gasteiger partial charge in [0.1, 0.15) is 11.6 Å². The van der Waals surface area contributed by atoms with E-state index in [1.54, 1.807) is 7.11 Å². The lowest BCUT2D eigenvalue weighted by Gasteiger charge is -2.49. The Bertz CT molecular complexity index is 1070. The van der Waals surface area contributed by atoms with Gasteiger partial charge in [0.25, 0.3) is 0 Å². The molecular weight excluding hydrogens is 400 g/mol. The van der Waals surface area contributed by atoms with Gasteiger partial charge in [-0.1, -0.05) is 42.5 Å². The van der Waals surface area contributed by atoms with Crippen molar-refractivity contribution in [2.24, 2.45) is 5.92 Å². The molecule has 6 nitrogen and oxygen atoms in total. The fourth-order valence-corrected chi connectivity index (χ4v) is 4.87. The van der Waals surface area contributed by atoms with Gasteiger partial charge in [-0.05, 0) is 35.7 Å². The van der Waals surface area contributed by atoms with E-state index in [0.717, 1.165) is 43.2 Å². The molecule has 0 bridgehead atoms. The van der Waals surface area contributed by atoms with E-state index in [-0.39, 0.29) is 17.9 Å². The number of rotatable bonds is 5. The Labute approximate surface area is 188 Å². The average Bonchev–Trinajstić information content (AvgIpc) is 2.87. The molecule has 0 saturated carbocycles. The summed E-state index contributed by atoms with van der Waals surface area (Å²) in [5.41, 5.74) is 3.49. The number of nitrogens with one attached hydrogen (secondary N) is 1. The molecule has 2 atom stereocenters. The summed E-state index contributed by atoms with van der Waals surface area (Å²) in [4.78, 5) is 22.6. The second-order valence-electron chi connectivity index (χ2n) is 8.40.